The van der Waals surface area contributed by atoms with Crippen molar-refractivity contribution < 1.29 is 17.9 Å². The van der Waals surface area contributed by atoms with Crippen LogP contribution in [0.25, 0.3) is 0 Å². The fraction of sp³-hybridized carbons (Fsp3) is 0.409. The second kappa shape index (κ2) is 9.18. The third-order valence-corrected chi connectivity index (χ3v) is 7.62. The average Bonchev–Trinajstić information content (AvgIpc) is 3.44. The first kappa shape index (κ1) is 21.5. The maximum absolute atomic E-state index is 13.1. The lowest BCUT2D eigenvalue weighted by Crippen LogP contribution is -2.32. The summed E-state index contributed by atoms with van der Waals surface area (Å²) in [6.45, 7) is 1.64. The van der Waals surface area contributed by atoms with Crippen LogP contribution in [-0.4, -0.2) is 45.0 Å². The number of likely N-dealkylation sites (tertiary alicyclic amines) is 1. The molecular weight excluding hydrogens is 468 g/mol. The van der Waals surface area contributed by atoms with Gasteiger partial charge in [-0.05, 0) is 67.6 Å². The Morgan fingerprint density at radius 1 is 1.13 bits per heavy atom. The molecule has 0 spiro atoms. The Balaban J connectivity index is 1.45. The summed E-state index contributed by atoms with van der Waals surface area (Å²) in [6.07, 6.45) is 3.63. The van der Waals surface area contributed by atoms with E-state index in [1.54, 1.807) is 12.1 Å². The zero-order chi connectivity index (χ0) is 21.1. The Labute approximate surface area is 185 Å². The smallest absolute Gasteiger partial charge is 0.254 e. The monoisotopic (exact) mass is 492 g/mol. The molecule has 30 heavy (non-hydrogen) atoms. The molecule has 0 aliphatic carbocycles. The van der Waals surface area contributed by atoms with Crippen molar-refractivity contribution in [2.75, 3.05) is 19.7 Å². The molecule has 0 saturated carbocycles. The van der Waals surface area contributed by atoms with Crippen LogP contribution in [0.1, 0.15) is 47.6 Å². The van der Waals surface area contributed by atoms with Crippen LogP contribution in [0.15, 0.2) is 57.9 Å². The van der Waals surface area contributed by atoms with Gasteiger partial charge in [0.1, 0.15) is 0 Å². The maximum atomic E-state index is 13.1. The summed E-state index contributed by atoms with van der Waals surface area (Å²) < 4.78 is 34.1. The molecule has 6 nitrogen and oxygen atoms in total. The number of sulfonamides is 1. The number of benzene rings is 2. The summed E-state index contributed by atoms with van der Waals surface area (Å²) in [5.74, 6) is -0.0752. The molecule has 2 heterocycles. The third kappa shape index (κ3) is 4.77. The number of halogens is 1. The minimum Gasteiger partial charge on any atom is -0.377 e. The SMILES string of the molecule is O=C(c1ccc(S(=O)(=O)NCC2CCCO2)cc1)N1CCCC1c1cccc(Br)c1. The van der Waals surface area contributed by atoms with E-state index >= 15 is 0 Å². The lowest BCUT2D eigenvalue weighted by atomic mass is 10.0. The molecule has 2 aliphatic heterocycles. The summed E-state index contributed by atoms with van der Waals surface area (Å²) in [5.41, 5.74) is 1.60. The number of carbonyl (C=O) groups excluding carboxylic acids is 1. The van der Waals surface area contributed by atoms with Crippen molar-refractivity contribution >= 4 is 31.9 Å². The molecule has 0 radical (unpaired) electrons. The maximum Gasteiger partial charge on any atom is 0.254 e. The standard InChI is InChI=1S/C22H25BrN2O4S/c23-18-5-1-4-17(14-18)21-7-2-12-25(21)22(26)16-8-10-20(11-9-16)30(27,28)24-15-19-6-3-13-29-19/h1,4-5,8-11,14,19,21,24H,2-3,6-7,12-13,15H2. The van der Waals surface area contributed by atoms with Crippen molar-refractivity contribution in [3.63, 3.8) is 0 Å². The Morgan fingerprint density at radius 3 is 2.63 bits per heavy atom. The molecule has 2 atom stereocenters. The number of hydrogen-bond acceptors (Lipinski definition) is 4. The molecule has 2 unspecified atom stereocenters. The van der Waals surface area contributed by atoms with E-state index in [1.807, 2.05) is 29.2 Å². The van der Waals surface area contributed by atoms with Crippen molar-refractivity contribution in [1.29, 1.82) is 0 Å². The van der Waals surface area contributed by atoms with E-state index in [4.69, 9.17) is 4.74 Å². The summed E-state index contributed by atoms with van der Waals surface area (Å²) >= 11 is 3.50. The minimum atomic E-state index is -3.63. The summed E-state index contributed by atoms with van der Waals surface area (Å²) in [6, 6.07) is 14.2. The van der Waals surface area contributed by atoms with E-state index in [0.717, 1.165) is 35.7 Å². The largest absolute Gasteiger partial charge is 0.377 e. The first-order valence-electron chi connectivity index (χ1n) is 10.2. The van der Waals surface area contributed by atoms with Gasteiger partial charge in [0.25, 0.3) is 5.91 Å². The van der Waals surface area contributed by atoms with Gasteiger partial charge in [-0.15, -0.1) is 0 Å². The van der Waals surface area contributed by atoms with E-state index in [2.05, 4.69) is 20.7 Å². The summed E-state index contributed by atoms with van der Waals surface area (Å²) in [7, 11) is -3.63. The van der Waals surface area contributed by atoms with Crippen LogP contribution in [0.3, 0.4) is 0 Å². The van der Waals surface area contributed by atoms with Crippen molar-refractivity contribution in [1.82, 2.24) is 9.62 Å². The fourth-order valence-electron chi connectivity index (χ4n) is 4.10. The average molecular weight is 493 g/mol. The highest BCUT2D eigenvalue weighted by Crippen LogP contribution is 2.34. The number of ether oxygens (including phenoxy) is 1. The Bertz CT molecular complexity index is 1000. The molecule has 0 bridgehead atoms. The molecule has 8 heteroatoms. The third-order valence-electron chi connectivity index (χ3n) is 5.68. The van der Waals surface area contributed by atoms with Crippen LogP contribution in [-0.2, 0) is 14.8 Å². The Morgan fingerprint density at radius 2 is 1.93 bits per heavy atom. The molecule has 160 valence electrons. The van der Waals surface area contributed by atoms with Crippen LogP contribution >= 0.6 is 15.9 Å². The van der Waals surface area contributed by atoms with Crippen LogP contribution in [0.4, 0.5) is 0 Å². The Kier molecular flexibility index (Phi) is 6.57. The van der Waals surface area contributed by atoms with Gasteiger partial charge in [-0.1, -0.05) is 28.1 Å². The molecule has 1 amide bonds. The number of nitrogens with zero attached hydrogens (tertiary/aromatic N) is 1. The molecule has 2 saturated heterocycles. The summed E-state index contributed by atoms with van der Waals surface area (Å²) in [4.78, 5) is 15.1. The highest BCUT2D eigenvalue weighted by molar-refractivity contribution is 9.10. The predicted octanol–water partition coefficient (Wildman–Crippen LogP) is 3.88. The lowest BCUT2D eigenvalue weighted by molar-refractivity contribution is 0.0735. The number of amides is 1. The zero-order valence-corrected chi connectivity index (χ0v) is 19.0. The highest BCUT2D eigenvalue weighted by Gasteiger charge is 2.31. The van der Waals surface area contributed by atoms with Gasteiger partial charge in [-0.3, -0.25) is 4.79 Å². The molecule has 4 rings (SSSR count). The van der Waals surface area contributed by atoms with Crippen LogP contribution in [0, 0.1) is 0 Å². The molecule has 1 N–H and O–H groups in total. The summed E-state index contributed by atoms with van der Waals surface area (Å²) in [5, 5.41) is 0. The lowest BCUT2D eigenvalue weighted by Gasteiger charge is -2.25. The van der Waals surface area contributed by atoms with Crippen LogP contribution in [0.2, 0.25) is 0 Å². The highest BCUT2D eigenvalue weighted by atomic mass is 79.9. The van der Waals surface area contributed by atoms with Crippen molar-refractivity contribution in [2.45, 2.75) is 42.7 Å². The normalized spacial score (nSPS) is 21.8. The number of carbonyl (C=O) groups is 1. The fourth-order valence-corrected chi connectivity index (χ4v) is 5.59. The molecule has 2 aliphatic rings. The Hall–Kier alpha value is -1.74. The first-order chi connectivity index (χ1) is 14.4. The van der Waals surface area contributed by atoms with E-state index in [-0.39, 0.29) is 29.5 Å². The molecular formula is C22H25BrN2O4S. The van der Waals surface area contributed by atoms with Gasteiger partial charge in [0.15, 0.2) is 0 Å². The molecule has 2 aromatic rings. The number of rotatable bonds is 6. The molecule has 2 fully saturated rings. The van der Waals surface area contributed by atoms with Crippen molar-refractivity contribution in [2.24, 2.45) is 0 Å². The first-order valence-corrected chi connectivity index (χ1v) is 12.5. The van der Waals surface area contributed by atoms with E-state index in [1.165, 1.54) is 12.1 Å². The van der Waals surface area contributed by atoms with Crippen molar-refractivity contribution in [3.05, 3.63) is 64.1 Å². The van der Waals surface area contributed by atoms with Gasteiger partial charge in [0, 0.05) is 29.7 Å². The number of nitrogens with one attached hydrogen (secondary N) is 1. The van der Waals surface area contributed by atoms with E-state index in [9.17, 15) is 13.2 Å². The topological polar surface area (TPSA) is 75.7 Å². The molecule has 0 aromatic heterocycles. The van der Waals surface area contributed by atoms with Gasteiger partial charge >= 0.3 is 0 Å². The van der Waals surface area contributed by atoms with Gasteiger partial charge in [0.2, 0.25) is 10.0 Å². The van der Waals surface area contributed by atoms with Gasteiger partial charge < -0.3 is 9.64 Å². The van der Waals surface area contributed by atoms with Gasteiger partial charge in [0.05, 0.1) is 17.0 Å². The van der Waals surface area contributed by atoms with Gasteiger partial charge in [-0.2, -0.15) is 0 Å². The van der Waals surface area contributed by atoms with Crippen molar-refractivity contribution in [3.8, 4) is 0 Å². The van der Waals surface area contributed by atoms with E-state index in [0.29, 0.717) is 18.7 Å². The number of hydrogen-bond donors (Lipinski definition) is 1. The zero-order valence-electron chi connectivity index (χ0n) is 16.6. The van der Waals surface area contributed by atoms with E-state index < -0.39 is 10.0 Å². The van der Waals surface area contributed by atoms with Crippen LogP contribution < -0.4 is 4.72 Å². The van der Waals surface area contributed by atoms with Crippen LogP contribution in [0.5, 0.6) is 0 Å². The quantitative estimate of drug-likeness (QED) is 0.663. The molecule has 2 aromatic carbocycles. The minimum absolute atomic E-state index is 0.0338. The second-order valence-corrected chi connectivity index (χ2v) is 10.4. The second-order valence-electron chi connectivity index (χ2n) is 7.72. The van der Waals surface area contributed by atoms with Gasteiger partial charge in [-0.25, -0.2) is 13.1 Å². The predicted molar refractivity (Wildman–Crippen MR) is 118 cm³/mol.